The molecule has 1 aromatic carbocycles. The number of nitrogens with zero attached hydrogens (tertiary/aromatic N) is 3. The molecule has 1 amide bonds. The van der Waals surface area contributed by atoms with Crippen molar-refractivity contribution < 1.29 is 9.18 Å². The number of carbonyl (C=O) groups is 1. The zero-order chi connectivity index (χ0) is 13.1. The molecule has 0 aliphatic rings. The SMILES string of the molecule is CC(C(=O)Nc1ccc(F)cc1I)n1cncn1. The summed E-state index contributed by atoms with van der Waals surface area (Å²) in [6.07, 6.45) is 2.84. The van der Waals surface area contributed by atoms with E-state index in [1.54, 1.807) is 6.92 Å². The second-order valence-electron chi connectivity index (χ2n) is 3.66. The van der Waals surface area contributed by atoms with E-state index < -0.39 is 6.04 Å². The third-order valence-corrected chi connectivity index (χ3v) is 3.29. The van der Waals surface area contributed by atoms with Gasteiger partial charge in [-0.2, -0.15) is 5.10 Å². The van der Waals surface area contributed by atoms with Crippen LogP contribution in [-0.4, -0.2) is 20.7 Å². The van der Waals surface area contributed by atoms with Gasteiger partial charge in [-0.3, -0.25) is 4.79 Å². The summed E-state index contributed by atoms with van der Waals surface area (Å²) < 4.78 is 15.0. The van der Waals surface area contributed by atoms with Gasteiger partial charge in [0.1, 0.15) is 24.5 Å². The van der Waals surface area contributed by atoms with Gasteiger partial charge in [0.2, 0.25) is 5.91 Å². The molecule has 0 aliphatic heterocycles. The molecule has 1 heterocycles. The minimum atomic E-state index is -0.478. The maximum atomic E-state index is 12.9. The van der Waals surface area contributed by atoms with Crippen LogP contribution in [0.1, 0.15) is 13.0 Å². The van der Waals surface area contributed by atoms with Crippen LogP contribution in [0.4, 0.5) is 10.1 Å². The average molecular weight is 360 g/mol. The molecule has 1 unspecified atom stereocenters. The number of nitrogens with one attached hydrogen (secondary N) is 1. The predicted molar refractivity (Wildman–Crippen MR) is 72.5 cm³/mol. The van der Waals surface area contributed by atoms with Gasteiger partial charge in [0.25, 0.3) is 0 Å². The highest BCUT2D eigenvalue weighted by Gasteiger charge is 2.16. The zero-order valence-electron chi connectivity index (χ0n) is 9.47. The third kappa shape index (κ3) is 2.84. The number of halogens is 2. The lowest BCUT2D eigenvalue weighted by Crippen LogP contribution is -2.24. The molecule has 0 saturated carbocycles. The molecule has 18 heavy (non-hydrogen) atoms. The molecular weight excluding hydrogens is 350 g/mol. The molecule has 1 atom stereocenters. The largest absolute Gasteiger partial charge is 0.323 e. The molecule has 0 fully saturated rings. The number of amides is 1. The summed E-state index contributed by atoms with van der Waals surface area (Å²) in [5.74, 6) is -0.563. The van der Waals surface area contributed by atoms with Crippen molar-refractivity contribution >= 4 is 34.2 Å². The van der Waals surface area contributed by atoms with Crippen molar-refractivity contribution in [2.45, 2.75) is 13.0 Å². The normalized spacial score (nSPS) is 12.2. The van der Waals surface area contributed by atoms with Crippen molar-refractivity contribution in [2.24, 2.45) is 0 Å². The molecule has 0 bridgehead atoms. The van der Waals surface area contributed by atoms with Crippen LogP contribution in [0.3, 0.4) is 0 Å². The van der Waals surface area contributed by atoms with Gasteiger partial charge in [0.05, 0.1) is 5.69 Å². The van der Waals surface area contributed by atoms with Crippen LogP contribution < -0.4 is 5.32 Å². The van der Waals surface area contributed by atoms with Gasteiger partial charge in [0.15, 0.2) is 0 Å². The van der Waals surface area contributed by atoms with Crippen LogP contribution in [0.15, 0.2) is 30.9 Å². The van der Waals surface area contributed by atoms with Crippen LogP contribution in [0, 0.1) is 9.39 Å². The van der Waals surface area contributed by atoms with Crippen molar-refractivity contribution in [1.29, 1.82) is 0 Å². The number of benzene rings is 1. The molecule has 2 aromatic rings. The fourth-order valence-electron chi connectivity index (χ4n) is 1.37. The lowest BCUT2D eigenvalue weighted by Gasteiger charge is -2.13. The Morgan fingerprint density at radius 1 is 1.56 bits per heavy atom. The van der Waals surface area contributed by atoms with Crippen molar-refractivity contribution in [3.05, 3.63) is 40.2 Å². The number of aromatic nitrogens is 3. The van der Waals surface area contributed by atoms with E-state index in [9.17, 15) is 9.18 Å². The summed E-state index contributed by atoms with van der Waals surface area (Å²) >= 11 is 1.97. The lowest BCUT2D eigenvalue weighted by atomic mass is 10.2. The van der Waals surface area contributed by atoms with Gasteiger partial charge in [0, 0.05) is 3.57 Å². The van der Waals surface area contributed by atoms with E-state index in [4.69, 9.17) is 0 Å². The summed E-state index contributed by atoms with van der Waals surface area (Å²) in [5.41, 5.74) is 0.578. The highest BCUT2D eigenvalue weighted by Crippen LogP contribution is 2.20. The first-order valence-corrected chi connectivity index (χ1v) is 6.26. The highest BCUT2D eigenvalue weighted by molar-refractivity contribution is 14.1. The van der Waals surface area contributed by atoms with Crippen molar-refractivity contribution in [3.8, 4) is 0 Å². The van der Waals surface area contributed by atoms with E-state index in [0.29, 0.717) is 9.26 Å². The first kappa shape index (κ1) is 12.9. The topological polar surface area (TPSA) is 59.8 Å². The Balaban J connectivity index is 2.12. The van der Waals surface area contributed by atoms with Gasteiger partial charge in [-0.1, -0.05) is 0 Å². The Labute approximate surface area is 117 Å². The first-order valence-electron chi connectivity index (χ1n) is 5.18. The molecule has 0 saturated heterocycles. The van der Waals surface area contributed by atoms with E-state index in [1.165, 1.54) is 35.5 Å². The van der Waals surface area contributed by atoms with Crippen LogP contribution >= 0.6 is 22.6 Å². The number of hydrogen-bond acceptors (Lipinski definition) is 3. The second-order valence-corrected chi connectivity index (χ2v) is 4.83. The van der Waals surface area contributed by atoms with E-state index in [2.05, 4.69) is 15.4 Å². The summed E-state index contributed by atoms with van der Waals surface area (Å²) in [4.78, 5) is 15.7. The smallest absolute Gasteiger partial charge is 0.249 e. The van der Waals surface area contributed by atoms with E-state index in [-0.39, 0.29) is 11.7 Å². The standard InChI is InChI=1S/C11H10FIN4O/c1-7(17-6-14-5-15-17)11(18)16-10-3-2-8(12)4-9(10)13/h2-7H,1H3,(H,16,18). The summed E-state index contributed by atoms with van der Waals surface area (Å²) in [5, 5.41) is 6.62. The Morgan fingerprint density at radius 3 is 2.94 bits per heavy atom. The predicted octanol–water partition coefficient (Wildman–Crippen LogP) is 2.22. The van der Waals surface area contributed by atoms with Crippen LogP contribution in [-0.2, 0) is 4.79 Å². The molecule has 1 aromatic heterocycles. The molecule has 0 radical (unpaired) electrons. The van der Waals surface area contributed by atoms with E-state index in [1.807, 2.05) is 22.6 Å². The van der Waals surface area contributed by atoms with Gasteiger partial charge in [-0.05, 0) is 47.7 Å². The quantitative estimate of drug-likeness (QED) is 0.854. The second kappa shape index (κ2) is 5.42. The molecule has 94 valence electrons. The molecule has 1 N–H and O–H groups in total. The fraction of sp³-hybridized carbons (Fsp3) is 0.182. The van der Waals surface area contributed by atoms with Gasteiger partial charge in [-0.25, -0.2) is 14.1 Å². The fourth-order valence-corrected chi connectivity index (χ4v) is 1.98. The Kier molecular flexibility index (Phi) is 3.90. The van der Waals surface area contributed by atoms with Crippen LogP contribution in [0.5, 0.6) is 0 Å². The molecule has 2 rings (SSSR count). The van der Waals surface area contributed by atoms with Crippen molar-refractivity contribution in [3.63, 3.8) is 0 Å². The van der Waals surface area contributed by atoms with Crippen LogP contribution in [0.25, 0.3) is 0 Å². The maximum Gasteiger partial charge on any atom is 0.249 e. The summed E-state index contributed by atoms with van der Waals surface area (Å²) in [7, 11) is 0. The monoisotopic (exact) mass is 360 g/mol. The van der Waals surface area contributed by atoms with E-state index >= 15 is 0 Å². The molecule has 5 nitrogen and oxygen atoms in total. The number of carbonyl (C=O) groups excluding carboxylic acids is 1. The first-order chi connectivity index (χ1) is 8.58. The van der Waals surface area contributed by atoms with Crippen LogP contribution in [0.2, 0.25) is 0 Å². The zero-order valence-corrected chi connectivity index (χ0v) is 11.6. The van der Waals surface area contributed by atoms with Crippen molar-refractivity contribution in [2.75, 3.05) is 5.32 Å². The summed E-state index contributed by atoms with van der Waals surface area (Å²) in [6, 6.07) is 3.71. The molecule has 7 heteroatoms. The number of anilines is 1. The highest BCUT2D eigenvalue weighted by atomic mass is 127. The Hall–Kier alpha value is -1.51. The summed E-state index contributed by atoms with van der Waals surface area (Å²) in [6.45, 7) is 1.71. The molecule has 0 spiro atoms. The lowest BCUT2D eigenvalue weighted by molar-refractivity contribution is -0.119. The maximum absolute atomic E-state index is 12.9. The minimum absolute atomic E-state index is 0.231. The Bertz CT molecular complexity index is 558. The number of hydrogen-bond donors (Lipinski definition) is 1. The van der Waals surface area contributed by atoms with Gasteiger partial charge in [-0.15, -0.1) is 0 Å². The Morgan fingerprint density at radius 2 is 2.33 bits per heavy atom. The van der Waals surface area contributed by atoms with Gasteiger partial charge >= 0.3 is 0 Å². The minimum Gasteiger partial charge on any atom is -0.323 e. The molecule has 0 aliphatic carbocycles. The van der Waals surface area contributed by atoms with Gasteiger partial charge < -0.3 is 5.32 Å². The van der Waals surface area contributed by atoms with E-state index in [0.717, 1.165) is 0 Å². The molecular formula is C11H10FIN4O. The van der Waals surface area contributed by atoms with Crippen molar-refractivity contribution in [1.82, 2.24) is 14.8 Å². The number of rotatable bonds is 3. The third-order valence-electron chi connectivity index (χ3n) is 2.40. The average Bonchev–Trinajstić information content (AvgIpc) is 2.85.